The number of likely N-dealkylation sites (tertiary alicyclic amines) is 1. The predicted octanol–water partition coefficient (Wildman–Crippen LogP) is 2.15. The molecule has 1 atom stereocenters. The summed E-state index contributed by atoms with van der Waals surface area (Å²) in [5.74, 6) is 1.14. The Hall–Kier alpha value is -0.570. The van der Waals surface area contributed by atoms with Crippen LogP contribution in [0.2, 0.25) is 0 Å². The summed E-state index contributed by atoms with van der Waals surface area (Å²) in [7, 11) is 0. The van der Waals surface area contributed by atoms with E-state index in [1.807, 2.05) is 0 Å². The molecule has 0 aromatic carbocycles. The summed E-state index contributed by atoms with van der Waals surface area (Å²) in [6, 6.07) is 0. The molecule has 0 bridgehead atoms. The van der Waals surface area contributed by atoms with Gasteiger partial charge in [0.05, 0.1) is 0 Å². The molecule has 0 aromatic heterocycles. The fourth-order valence-corrected chi connectivity index (χ4v) is 2.27. The summed E-state index contributed by atoms with van der Waals surface area (Å²) in [4.78, 5) is 14.0. The highest BCUT2D eigenvalue weighted by molar-refractivity contribution is 5.76. The number of carbonyl (C=O) groups is 1. The molecule has 94 valence electrons. The number of unbranched alkanes of at least 4 members (excludes halogenated alkanes) is 2. The van der Waals surface area contributed by atoms with Crippen LogP contribution in [0.5, 0.6) is 0 Å². The summed E-state index contributed by atoms with van der Waals surface area (Å²) in [6.07, 6.45) is 7.48. The van der Waals surface area contributed by atoms with Crippen molar-refractivity contribution < 1.29 is 4.79 Å². The first-order valence-corrected chi connectivity index (χ1v) is 6.72. The number of carbonyl (C=O) groups excluding carboxylic acids is 1. The molecule has 0 aromatic rings. The van der Waals surface area contributed by atoms with Crippen molar-refractivity contribution >= 4 is 5.91 Å². The third-order valence-corrected chi connectivity index (χ3v) is 3.46. The normalized spacial score (nSPS) is 21.9. The van der Waals surface area contributed by atoms with Crippen LogP contribution in [-0.2, 0) is 4.79 Å². The number of nitrogens with two attached hydrogens (primary N) is 1. The molecule has 1 heterocycles. The zero-order valence-electron chi connectivity index (χ0n) is 10.6. The Bertz CT molecular complexity index is 206. The Morgan fingerprint density at radius 3 is 2.81 bits per heavy atom. The van der Waals surface area contributed by atoms with Gasteiger partial charge in [-0.25, -0.2) is 0 Å². The van der Waals surface area contributed by atoms with E-state index in [1.54, 1.807) is 0 Å². The van der Waals surface area contributed by atoms with Crippen LogP contribution in [0.3, 0.4) is 0 Å². The van der Waals surface area contributed by atoms with Crippen molar-refractivity contribution in [3.8, 4) is 0 Å². The first-order valence-electron chi connectivity index (χ1n) is 6.72. The van der Waals surface area contributed by atoms with Crippen molar-refractivity contribution in [3.63, 3.8) is 0 Å². The SMILES string of the molecule is CC1CCCN(C(=O)CCCCCN)CC1. The van der Waals surface area contributed by atoms with Crippen LogP contribution >= 0.6 is 0 Å². The smallest absolute Gasteiger partial charge is 0.222 e. The summed E-state index contributed by atoms with van der Waals surface area (Å²) in [5.41, 5.74) is 5.43. The van der Waals surface area contributed by atoms with Crippen LogP contribution in [0.1, 0.15) is 51.9 Å². The molecule has 1 amide bonds. The average Bonchev–Trinajstić information content (AvgIpc) is 2.49. The van der Waals surface area contributed by atoms with Gasteiger partial charge in [0.2, 0.25) is 5.91 Å². The van der Waals surface area contributed by atoms with Crippen LogP contribution < -0.4 is 5.73 Å². The van der Waals surface area contributed by atoms with E-state index in [2.05, 4.69) is 11.8 Å². The summed E-state index contributed by atoms with van der Waals surface area (Å²) in [5, 5.41) is 0. The van der Waals surface area contributed by atoms with Gasteiger partial charge in [-0.05, 0) is 44.6 Å². The molecule has 1 unspecified atom stereocenters. The molecule has 16 heavy (non-hydrogen) atoms. The summed E-state index contributed by atoms with van der Waals surface area (Å²) >= 11 is 0. The van der Waals surface area contributed by atoms with Gasteiger partial charge in [-0.2, -0.15) is 0 Å². The second-order valence-corrected chi connectivity index (χ2v) is 5.02. The van der Waals surface area contributed by atoms with Crippen molar-refractivity contribution in [2.75, 3.05) is 19.6 Å². The number of hydrogen-bond donors (Lipinski definition) is 1. The Labute approximate surface area is 99.4 Å². The Morgan fingerprint density at radius 1 is 1.25 bits per heavy atom. The highest BCUT2D eigenvalue weighted by Crippen LogP contribution is 2.17. The van der Waals surface area contributed by atoms with Crippen molar-refractivity contribution in [1.29, 1.82) is 0 Å². The molecule has 1 saturated heterocycles. The fourth-order valence-electron chi connectivity index (χ4n) is 2.27. The maximum Gasteiger partial charge on any atom is 0.222 e. The highest BCUT2D eigenvalue weighted by Gasteiger charge is 2.17. The van der Waals surface area contributed by atoms with Crippen LogP contribution in [0, 0.1) is 5.92 Å². The van der Waals surface area contributed by atoms with Crippen LogP contribution in [0.15, 0.2) is 0 Å². The molecule has 1 fully saturated rings. The van der Waals surface area contributed by atoms with E-state index in [9.17, 15) is 4.79 Å². The molecular weight excluding hydrogens is 200 g/mol. The minimum absolute atomic E-state index is 0.353. The maximum absolute atomic E-state index is 11.9. The minimum atomic E-state index is 0.353. The predicted molar refractivity (Wildman–Crippen MR) is 67.1 cm³/mol. The Morgan fingerprint density at radius 2 is 2.06 bits per heavy atom. The third-order valence-electron chi connectivity index (χ3n) is 3.46. The van der Waals surface area contributed by atoms with Gasteiger partial charge in [-0.15, -0.1) is 0 Å². The van der Waals surface area contributed by atoms with Gasteiger partial charge in [-0.3, -0.25) is 4.79 Å². The molecule has 3 heteroatoms. The van der Waals surface area contributed by atoms with Crippen LogP contribution in [0.4, 0.5) is 0 Å². The van der Waals surface area contributed by atoms with E-state index in [4.69, 9.17) is 5.73 Å². The topological polar surface area (TPSA) is 46.3 Å². The molecular formula is C13H26N2O. The first kappa shape index (κ1) is 13.5. The van der Waals surface area contributed by atoms with E-state index in [0.29, 0.717) is 12.3 Å². The zero-order valence-corrected chi connectivity index (χ0v) is 10.6. The molecule has 1 rings (SSSR count). The monoisotopic (exact) mass is 226 g/mol. The lowest BCUT2D eigenvalue weighted by molar-refractivity contribution is -0.131. The second-order valence-electron chi connectivity index (χ2n) is 5.02. The van der Waals surface area contributed by atoms with Gasteiger partial charge >= 0.3 is 0 Å². The molecule has 2 N–H and O–H groups in total. The van der Waals surface area contributed by atoms with Crippen molar-refractivity contribution in [2.24, 2.45) is 11.7 Å². The maximum atomic E-state index is 11.9. The Kier molecular flexibility index (Phi) is 6.46. The molecule has 0 saturated carbocycles. The van der Waals surface area contributed by atoms with E-state index in [-0.39, 0.29) is 0 Å². The van der Waals surface area contributed by atoms with E-state index in [1.165, 1.54) is 19.3 Å². The number of hydrogen-bond acceptors (Lipinski definition) is 2. The van der Waals surface area contributed by atoms with Crippen molar-refractivity contribution in [3.05, 3.63) is 0 Å². The van der Waals surface area contributed by atoms with Gasteiger partial charge in [0.15, 0.2) is 0 Å². The molecule has 0 radical (unpaired) electrons. The average molecular weight is 226 g/mol. The standard InChI is InChI=1S/C13H26N2O/c1-12-6-5-10-15(11-8-12)13(16)7-3-2-4-9-14/h12H,2-11,14H2,1H3. The molecule has 0 spiro atoms. The molecule has 0 aliphatic carbocycles. The summed E-state index contributed by atoms with van der Waals surface area (Å²) < 4.78 is 0. The third kappa shape index (κ3) is 4.97. The van der Waals surface area contributed by atoms with E-state index in [0.717, 1.165) is 44.8 Å². The number of rotatable bonds is 5. The molecule has 1 aliphatic rings. The second kappa shape index (κ2) is 7.66. The van der Waals surface area contributed by atoms with Gasteiger partial charge < -0.3 is 10.6 Å². The van der Waals surface area contributed by atoms with Crippen molar-refractivity contribution in [2.45, 2.75) is 51.9 Å². The minimum Gasteiger partial charge on any atom is -0.343 e. The lowest BCUT2D eigenvalue weighted by Gasteiger charge is -2.20. The molecule has 3 nitrogen and oxygen atoms in total. The lowest BCUT2D eigenvalue weighted by atomic mass is 10.0. The highest BCUT2D eigenvalue weighted by atomic mass is 16.2. The van der Waals surface area contributed by atoms with Gasteiger partial charge in [0.1, 0.15) is 0 Å². The van der Waals surface area contributed by atoms with Gasteiger partial charge in [0, 0.05) is 19.5 Å². The lowest BCUT2D eigenvalue weighted by Crippen LogP contribution is -2.31. The fraction of sp³-hybridized carbons (Fsp3) is 0.923. The largest absolute Gasteiger partial charge is 0.343 e. The van der Waals surface area contributed by atoms with Gasteiger partial charge in [0.25, 0.3) is 0 Å². The zero-order chi connectivity index (χ0) is 11.8. The van der Waals surface area contributed by atoms with Gasteiger partial charge in [-0.1, -0.05) is 13.3 Å². The van der Waals surface area contributed by atoms with Crippen LogP contribution in [-0.4, -0.2) is 30.4 Å². The van der Waals surface area contributed by atoms with Crippen LogP contribution in [0.25, 0.3) is 0 Å². The number of nitrogens with zero attached hydrogens (tertiary/aromatic N) is 1. The Balaban J connectivity index is 2.19. The quantitative estimate of drug-likeness (QED) is 0.730. The van der Waals surface area contributed by atoms with E-state index < -0.39 is 0 Å². The first-order chi connectivity index (χ1) is 7.74. The summed E-state index contributed by atoms with van der Waals surface area (Å²) in [6.45, 7) is 4.97. The molecule has 1 aliphatic heterocycles. The van der Waals surface area contributed by atoms with Crippen molar-refractivity contribution in [1.82, 2.24) is 4.90 Å². The number of amides is 1. The van der Waals surface area contributed by atoms with E-state index >= 15 is 0 Å².